The Bertz CT molecular complexity index is 524. The van der Waals surface area contributed by atoms with E-state index in [1.54, 1.807) is 30.2 Å². The van der Waals surface area contributed by atoms with Crippen LogP contribution in [-0.2, 0) is 11.3 Å². The van der Waals surface area contributed by atoms with Crippen LogP contribution in [0.25, 0.3) is 0 Å². The van der Waals surface area contributed by atoms with E-state index in [-0.39, 0.29) is 18.7 Å². The predicted molar refractivity (Wildman–Crippen MR) is 87.2 cm³/mol. The van der Waals surface area contributed by atoms with E-state index in [9.17, 15) is 9.90 Å². The Labute approximate surface area is 136 Å². The SMILES string of the molecule is COCc1c(Cl)cccc1NC(=O)N1CCC[C@@H](C)[C@H]1CO. The molecule has 122 valence electrons. The second-order valence-corrected chi connectivity index (χ2v) is 6.10. The monoisotopic (exact) mass is 326 g/mol. The van der Waals surface area contributed by atoms with Crippen LogP contribution in [-0.4, -0.2) is 42.3 Å². The predicted octanol–water partition coefficient (Wildman–Crippen LogP) is 3.11. The van der Waals surface area contributed by atoms with Crippen molar-refractivity contribution in [3.05, 3.63) is 28.8 Å². The molecule has 0 unspecified atom stereocenters. The summed E-state index contributed by atoms with van der Waals surface area (Å²) in [7, 11) is 1.59. The first-order valence-electron chi connectivity index (χ1n) is 7.53. The summed E-state index contributed by atoms with van der Waals surface area (Å²) in [5.74, 6) is 0.294. The van der Waals surface area contributed by atoms with Crippen molar-refractivity contribution in [2.75, 3.05) is 25.6 Å². The van der Waals surface area contributed by atoms with Gasteiger partial charge in [0.15, 0.2) is 0 Å². The first-order chi connectivity index (χ1) is 10.6. The lowest BCUT2D eigenvalue weighted by molar-refractivity contribution is 0.0811. The smallest absolute Gasteiger partial charge is 0.322 e. The van der Waals surface area contributed by atoms with E-state index >= 15 is 0 Å². The molecule has 0 aliphatic carbocycles. The normalized spacial score (nSPS) is 21.7. The van der Waals surface area contributed by atoms with E-state index < -0.39 is 0 Å². The third-order valence-corrected chi connectivity index (χ3v) is 4.57. The van der Waals surface area contributed by atoms with Gasteiger partial charge in [0, 0.05) is 29.9 Å². The number of carbonyl (C=O) groups excluding carboxylic acids is 1. The van der Waals surface area contributed by atoms with Crippen LogP contribution < -0.4 is 5.32 Å². The number of ether oxygens (including phenoxy) is 1. The average Bonchev–Trinajstić information content (AvgIpc) is 2.50. The number of carbonyl (C=O) groups is 1. The van der Waals surface area contributed by atoms with Crippen LogP contribution in [0.1, 0.15) is 25.3 Å². The molecule has 2 rings (SSSR count). The van der Waals surface area contributed by atoms with Gasteiger partial charge in [-0.15, -0.1) is 0 Å². The standard InChI is InChI=1S/C16H23ClN2O3/c1-11-5-4-8-19(15(11)9-20)16(21)18-14-7-3-6-13(17)12(14)10-22-2/h3,6-7,11,15,20H,4-5,8-10H2,1-2H3,(H,18,21)/t11-,15-/m1/s1. The van der Waals surface area contributed by atoms with Crippen LogP contribution in [0.2, 0.25) is 5.02 Å². The van der Waals surface area contributed by atoms with Crippen molar-refractivity contribution >= 4 is 23.3 Å². The minimum atomic E-state index is -0.204. The first kappa shape index (κ1) is 17.1. The summed E-state index contributed by atoms with van der Waals surface area (Å²) in [5.41, 5.74) is 1.40. The number of rotatable bonds is 4. The molecule has 0 radical (unpaired) electrons. The van der Waals surface area contributed by atoms with E-state index in [2.05, 4.69) is 12.2 Å². The van der Waals surface area contributed by atoms with Gasteiger partial charge in [-0.2, -0.15) is 0 Å². The molecule has 5 nitrogen and oxygen atoms in total. The zero-order valence-electron chi connectivity index (χ0n) is 13.0. The van der Waals surface area contributed by atoms with Gasteiger partial charge in [-0.1, -0.05) is 24.6 Å². The summed E-state index contributed by atoms with van der Waals surface area (Å²) < 4.78 is 5.15. The number of methoxy groups -OCH3 is 1. The molecule has 0 aromatic heterocycles. The third kappa shape index (κ3) is 3.72. The molecule has 1 aromatic carbocycles. The summed E-state index contributed by atoms with van der Waals surface area (Å²) >= 11 is 6.17. The fourth-order valence-electron chi connectivity index (χ4n) is 2.93. The molecule has 1 saturated heterocycles. The quantitative estimate of drug-likeness (QED) is 0.893. The highest BCUT2D eigenvalue weighted by Gasteiger charge is 2.31. The highest BCUT2D eigenvalue weighted by molar-refractivity contribution is 6.31. The molecular formula is C16H23ClN2O3. The number of amides is 2. The number of nitrogens with one attached hydrogen (secondary N) is 1. The van der Waals surface area contributed by atoms with Gasteiger partial charge in [0.25, 0.3) is 0 Å². The summed E-state index contributed by atoms with van der Waals surface area (Å²) in [4.78, 5) is 14.3. The lowest BCUT2D eigenvalue weighted by atomic mass is 9.91. The molecule has 6 heteroatoms. The highest BCUT2D eigenvalue weighted by atomic mass is 35.5. The van der Waals surface area contributed by atoms with Gasteiger partial charge >= 0.3 is 6.03 Å². The second kappa shape index (κ2) is 7.81. The fourth-order valence-corrected chi connectivity index (χ4v) is 3.16. The number of hydrogen-bond donors (Lipinski definition) is 2. The summed E-state index contributed by atoms with van der Waals surface area (Å²) in [5, 5.41) is 13.0. The van der Waals surface area contributed by atoms with Gasteiger partial charge in [0.1, 0.15) is 0 Å². The zero-order chi connectivity index (χ0) is 16.1. The van der Waals surface area contributed by atoms with Crippen molar-refractivity contribution in [1.29, 1.82) is 0 Å². The number of hydrogen-bond acceptors (Lipinski definition) is 3. The summed E-state index contributed by atoms with van der Waals surface area (Å²) in [6, 6.07) is 5.02. The molecule has 2 N–H and O–H groups in total. The Morgan fingerprint density at radius 1 is 1.55 bits per heavy atom. The molecule has 1 fully saturated rings. The van der Waals surface area contributed by atoms with Gasteiger partial charge in [-0.3, -0.25) is 0 Å². The molecule has 0 spiro atoms. The lowest BCUT2D eigenvalue weighted by Gasteiger charge is -2.39. The third-order valence-electron chi connectivity index (χ3n) is 4.21. The van der Waals surface area contributed by atoms with E-state index in [4.69, 9.17) is 16.3 Å². The van der Waals surface area contributed by atoms with E-state index in [0.29, 0.717) is 29.8 Å². The number of piperidine rings is 1. The van der Waals surface area contributed by atoms with Gasteiger partial charge in [0.05, 0.1) is 19.3 Å². The van der Waals surface area contributed by atoms with Gasteiger partial charge < -0.3 is 20.1 Å². The maximum absolute atomic E-state index is 12.6. The molecule has 0 bridgehead atoms. The van der Waals surface area contributed by atoms with Gasteiger partial charge in [-0.05, 0) is 30.9 Å². The molecule has 1 heterocycles. The Morgan fingerprint density at radius 2 is 2.32 bits per heavy atom. The van der Waals surface area contributed by atoms with E-state index in [1.807, 2.05) is 0 Å². The molecule has 2 atom stereocenters. The van der Waals surface area contributed by atoms with Crippen LogP contribution in [0, 0.1) is 5.92 Å². The Balaban J connectivity index is 2.16. The number of benzene rings is 1. The minimum Gasteiger partial charge on any atom is -0.394 e. The molecular weight excluding hydrogens is 304 g/mol. The number of likely N-dealkylation sites (tertiary alicyclic amines) is 1. The number of anilines is 1. The fraction of sp³-hybridized carbons (Fsp3) is 0.562. The topological polar surface area (TPSA) is 61.8 Å². The average molecular weight is 327 g/mol. The van der Waals surface area contributed by atoms with Crippen molar-refractivity contribution in [3.8, 4) is 0 Å². The number of aliphatic hydroxyl groups is 1. The molecule has 2 amide bonds. The Morgan fingerprint density at radius 3 is 3.00 bits per heavy atom. The second-order valence-electron chi connectivity index (χ2n) is 5.69. The number of nitrogens with zero attached hydrogens (tertiary/aromatic N) is 1. The van der Waals surface area contributed by atoms with E-state index in [1.165, 1.54) is 0 Å². The van der Waals surface area contributed by atoms with Crippen LogP contribution in [0.4, 0.5) is 10.5 Å². The highest BCUT2D eigenvalue weighted by Crippen LogP contribution is 2.27. The summed E-state index contributed by atoms with van der Waals surface area (Å²) in [6.45, 7) is 3.03. The summed E-state index contributed by atoms with van der Waals surface area (Å²) in [6.07, 6.45) is 1.98. The van der Waals surface area contributed by atoms with Crippen molar-refractivity contribution in [2.45, 2.75) is 32.4 Å². The van der Waals surface area contributed by atoms with Crippen LogP contribution >= 0.6 is 11.6 Å². The largest absolute Gasteiger partial charge is 0.394 e. The molecule has 1 aliphatic heterocycles. The first-order valence-corrected chi connectivity index (χ1v) is 7.91. The zero-order valence-corrected chi connectivity index (χ0v) is 13.8. The van der Waals surface area contributed by atoms with Crippen LogP contribution in [0.3, 0.4) is 0 Å². The Hall–Kier alpha value is -1.30. The molecule has 22 heavy (non-hydrogen) atoms. The minimum absolute atomic E-state index is 0.0188. The van der Waals surface area contributed by atoms with Gasteiger partial charge in [-0.25, -0.2) is 4.79 Å². The van der Waals surface area contributed by atoms with Gasteiger partial charge in [0.2, 0.25) is 0 Å². The molecule has 1 aromatic rings. The van der Waals surface area contributed by atoms with Crippen molar-refractivity contribution in [3.63, 3.8) is 0 Å². The Kier molecular flexibility index (Phi) is 6.06. The lowest BCUT2D eigenvalue weighted by Crippen LogP contribution is -2.51. The number of aliphatic hydroxyl groups excluding tert-OH is 1. The number of halogens is 1. The molecule has 0 saturated carbocycles. The van der Waals surface area contributed by atoms with E-state index in [0.717, 1.165) is 18.4 Å². The van der Waals surface area contributed by atoms with Crippen LogP contribution in [0.5, 0.6) is 0 Å². The molecule has 1 aliphatic rings. The number of urea groups is 1. The van der Waals surface area contributed by atoms with Crippen molar-refractivity contribution < 1.29 is 14.6 Å². The maximum atomic E-state index is 12.6. The van der Waals surface area contributed by atoms with Crippen LogP contribution in [0.15, 0.2) is 18.2 Å². The van der Waals surface area contributed by atoms with Crippen molar-refractivity contribution in [1.82, 2.24) is 4.90 Å². The maximum Gasteiger partial charge on any atom is 0.322 e. The van der Waals surface area contributed by atoms with Crippen molar-refractivity contribution in [2.24, 2.45) is 5.92 Å².